The molecule has 19 heavy (non-hydrogen) atoms. The Morgan fingerprint density at radius 1 is 1.42 bits per heavy atom. The molecule has 0 radical (unpaired) electrons. The number of esters is 1. The number of fused-ring (bicyclic) bond motifs is 3. The third-order valence-corrected chi connectivity index (χ3v) is 3.81. The first kappa shape index (κ1) is 12.7. The van der Waals surface area contributed by atoms with Gasteiger partial charge in [0.25, 0.3) is 0 Å². The van der Waals surface area contributed by atoms with Crippen molar-refractivity contribution in [1.29, 1.82) is 0 Å². The highest BCUT2D eigenvalue weighted by molar-refractivity contribution is 5.83. The summed E-state index contributed by atoms with van der Waals surface area (Å²) in [6, 6.07) is -0.958. The molecule has 3 rings (SSSR count). The summed E-state index contributed by atoms with van der Waals surface area (Å²) in [7, 11) is 1.31. The SMILES string of the molecule is COC(=O)[C@H]1C[C@@H]2OC(C)(C)O[C@@H]2[C@H]2COC(=O)N12. The quantitative estimate of drug-likeness (QED) is 0.637. The molecule has 0 unspecified atom stereocenters. The Hall–Kier alpha value is -1.34. The Kier molecular flexibility index (Phi) is 2.72. The largest absolute Gasteiger partial charge is 0.467 e. The zero-order valence-electron chi connectivity index (χ0n) is 11.1. The maximum Gasteiger partial charge on any atom is 0.411 e. The Bertz CT molecular complexity index is 422. The number of hydrogen-bond acceptors (Lipinski definition) is 6. The molecule has 0 spiro atoms. The highest BCUT2D eigenvalue weighted by Gasteiger charge is 2.58. The summed E-state index contributed by atoms with van der Waals surface area (Å²) in [6.45, 7) is 3.85. The average molecular weight is 271 g/mol. The Morgan fingerprint density at radius 3 is 2.84 bits per heavy atom. The summed E-state index contributed by atoms with van der Waals surface area (Å²) >= 11 is 0. The second-order valence-electron chi connectivity index (χ2n) is 5.46. The van der Waals surface area contributed by atoms with Crippen molar-refractivity contribution in [3.63, 3.8) is 0 Å². The molecular weight excluding hydrogens is 254 g/mol. The predicted molar refractivity (Wildman–Crippen MR) is 61.2 cm³/mol. The van der Waals surface area contributed by atoms with Crippen LogP contribution in [0.25, 0.3) is 0 Å². The van der Waals surface area contributed by atoms with Gasteiger partial charge in [0.2, 0.25) is 0 Å². The van der Waals surface area contributed by atoms with E-state index in [9.17, 15) is 9.59 Å². The molecule has 0 aromatic carbocycles. The van der Waals surface area contributed by atoms with Crippen LogP contribution < -0.4 is 0 Å². The summed E-state index contributed by atoms with van der Waals surface area (Å²) in [5.74, 6) is -1.16. The molecule has 1 amide bonds. The molecule has 0 N–H and O–H groups in total. The fraction of sp³-hybridized carbons (Fsp3) is 0.833. The number of piperidine rings is 1. The Balaban J connectivity index is 1.90. The van der Waals surface area contributed by atoms with E-state index in [1.165, 1.54) is 12.0 Å². The van der Waals surface area contributed by atoms with Crippen LogP contribution >= 0.6 is 0 Å². The second kappa shape index (κ2) is 4.08. The van der Waals surface area contributed by atoms with Crippen molar-refractivity contribution in [3.05, 3.63) is 0 Å². The molecule has 3 heterocycles. The molecule has 3 saturated heterocycles. The van der Waals surface area contributed by atoms with E-state index in [1.807, 2.05) is 13.8 Å². The predicted octanol–water partition coefficient (Wildman–Crippen LogP) is 0.273. The number of ether oxygens (including phenoxy) is 4. The lowest BCUT2D eigenvalue weighted by Crippen LogP contribution is -2.59. The smallest absolute Gasteiger partial charge is 0.411 e. The molecule has 0 aromatic heterocycles. The number of carbonyl (C=O) groups is 2. The summed E-state index contributed by atoms with van der Waals surface area (Å²) in [5, 5.41) is 0. The minimum Gasteiger partial charge on any atom is -0.467 e. The van der Waals surface area contributed by atoms with Gasteiger partial charge in [0.1, 0.15) is 18.8 Å². The van der Waals surface area contributed by atoms with E-state index in [1.54, 1.807) is 0 Å². The van der Waals surface area contributed by atoms with E-state index in [4.69, 9.17) is 18.9 Å². The van der Waals surface area contributed by atoms with E-state index in [0.29, 0.717) is 6.42 Å². The first-order valence-corrected chi connectivity index (χ1v) is 6.31. The molecule has 0 bridgehead atoms. The Morgan fingerprint density at radius 2 is 2.16 bits per heavy atom. The van der Waals surface area contributed by atoms with Gasteiger partial charge in [-0.1, -0.05) is 0 Å². The topological polar surface area (TPSA) is 74.3 Å². The molecule has 0 saturated carbocycles. The maximum atomic E-state index is 11.8. The highest BCUT2D eigenvalue weighted by Crippen LogP contribution is 2.40. The van der Waals surface area contributed by atoms with Crippen LogP contribution in [0, 0.1) is 0 Å². The van der Waals surface area contributed by atoms with E-state index >= 15 is 0 Å². The van der Waals surface area contributed by atoms with Gasteiger partial charge in [0, 0.05) is 6.42 Å². The van der Waals surface area contributed by atoms with Gasteiger partial charge in [-0.05, 0) is 13.8 Å². The first-order valence-electron chi connectivity index (χ1n) is 6.31. The molecule has 4 atom stereocenters. The number of methoxy groups -OCH3 is 1. The lowest BCUT2D eigenvalue weighted by Gasteiger charge is -2.38. The minimum atomic E-state index is -0.711. The molecule has 0 aliphatic carbocycles. The van der Waals surface area contributed by atoms with Crippen LogP contribution in [0.2, 0.25) is 0 Å². The number of cyclic esters (lactones) is 1. The monoisotopic (exact) mass is 271 g/mol. The molecule has 3 aliphatic heterocycles. The highest BCUT2D eigenvalue weighted by atomic mass is 16.8. The fourth-order valence-corrected chi connectivity index (χ4v) is 3.11. The molecule has 0 aromatic rings. The van der Waals surface area contributed by atoms with Crippen molar-refractivity contribution in [3.8, 4) is 0 Å². The van der Waals surface area contributed by atoms with Crippen molar-refractivity contribution in [2.75, 3.05) is 13.7 Å². The standard InChI is InChI=1S/C12H17NO6/c1-12(2)18-8-4-6(10(14)16-3)13-7(9(8)19-12)5-17-11(13)15/h6-9H,4-5H2,1-3H3/t6-,7-,8+,9-/m1/s1. The number of rotatable bonds is 1. The van der Waals surface area contributed by atoms with E-state index in [-0.39, 0.29) is 24.9 Å². The molecule has 3 fully saturated rings. The summed E-state index contributed by atoms with van der Waals surface area (Å²) in [6.07, 6.45) is -0.615. The van der Waals surface area contributed by atoms with Gasteiger partial charge in [-0.3, -0.25) is 4.90 Å². The molecule has 7 nitrogen and oxygen atoms in total. The summed E-state index contributed by atoms with van der Waals surface area (Å²) in [5.41, 5.74) is 0. The van der Waals surface area contributed by atoms with Crippen LogP contribution in [0.3, 0.4) is 0 Å². The fourth-order valence-electron chi connectivity index (χ4n) is 3.11. The first-order chi connectivity index (χ1) is 8.93. The zero-order chi connectivity index (χ0) is 13.8. The van der Waals surface area contributed by atoms with Crippen molar-refractivity contribution in [2.45, 2.75) is 50.3 Å². The number of hydrogen-bond donors (Lipinski definition) is 0. The van der Waals surface area contributed by atoms with Crippen LogP contribution in [0.15, 0.2) is 0 Å². The van der Waals surface area contributed by atoms with Crippen LogP contribution in [0.5, 0.6) is 0 Å². The van der Waals surface area contributed by atoms with Crippen LogP contribution in [0.1, 0.15) is 20.3 Å². The molecular formula is C12H17NO6. The third kappa shape index (κ3) is 1.88. The zero-order valence-corrected chi connectivity index (χ0v) is 11.1. The van der Waals surface area contributed by atoms with Crippen molar-refractivity contribution in [2.24, 2.45) is 0 Å². The van der Waals surface area contributed by atoms with E-state index < -0.39 is 23.9 Å². The van der Waals surface area contributed by atoms with E-state index in [0.717, 1.165) is 0 Å². The second-order valence-corrected chi connectivity index (χ2v) is 5.46. The van der Waals surface area contributed by atoms with Crippen LogP contribution in [-0.2, 0) is 23.7 Å². The van der Waals surface area contributed by atoms with E-state index in [2.05, 4.69) is 0 Å². The number of amides is 1. The lowest BCUT2D eigenvalue weighted by atomic mass is 9.92. The van der Waals surface area contributed by atoms with Gasteiger partial charge >= 0.3 is 12.1 Å². The molecule has 106 valence electrons. The maximum absolute atomic E-state index is 11.8. The number of nitrogens with zero attached hydrogens (tertiary/aromatic N) is 1. The van der Waals surface area contributed by atoms with Gasteiger partial charge < -0.3 is 18.9 Å². The van der Waals surface area contributed by atoms with Gasteiger partial charge in [-0.15, -0.1) is 0 Å². The van der Waals surface area contributed by atoms with Crippen molar-refractivity contribution < 1.29 is 28.5 Å². The summed E-state index contributed by atoms with van der Waals surface area (Å²) < 4.78 is 21.4. The normalized spacial score (nSPS) is 39.5. The van der Waals surface area contributed by atoms with Gasteiger partial charge in [-0.25, -0.2) is 9.59 Å². The van der Waals surface area contributed by atoms with Gasteiger partial charge in [-0.2, -0.15) is 0 Å². The van der Waals surface area contributed by atoms with Gasteiger partial charge in [0.15, 0.2) is 5.79 Å². The lowest BCUT2D eigenvalue weighted by molar-refractivity contribution is -0.150. The Labute approximate surface area is 110 Å². The van der Waals surface area contributed by atoms with Crippen molar-refractivity contribution in [1.82, 2.24) is 4.90 Å². The average Bonchev–Trinajstić information content (AvgIpc) is 2.86. The molecule has 3 aliphatic rings. The van der Waals surface area contributed by atoms with Crippen molar-refractivity contribution >= 4 is 12.1 Å². The van der Waals surface area contributed by atoms with Gasteiger partial charge in [0.05, 0.1) is 19.3 Å². The minimum absolute atomic E-state index is 0.215. The van der Waals surface area contributed by atoms with Crippen LogP contribution in [0.4, 0.5) is 4.79 Å². The summed E-state index contributed by atoms with van der Waals surface area (Å²) in [4.78, 5) is 25.1. The molecule has 7 heteroatoms. The number of carbonyl (C=O) groups excluding carboxylic acids is 2. The third-order valence-electron chi connectivity index (χ3n) is 3.81. The van der Waals surface area contributed by atoms with Crippen LogP contribution in [-0.4, -0.2) is 60.8 Å².